The second kappa shape index (κ2) is 18.9. The van der Waals surface area contributed by atoms with E-state index in [2.05, 4.69) is 40.4 Å². The number of esters is 1. The van der Waals surface area contributed by atoms with Gasteiger partial charge in [0.2, 0.25) is 11.6 Å². The van der Waals surface area contributed by atoms with E-state index in [1.165, 1.54) is 21.2 Å². The van der Waals surface area contributed by atoms with Crippen LogP contribution in [0.2, 0.25) is 0 Å². The fraction of sp³-hybridized carbons (Fsp3) is 0.574. The van der Waals surface area contributed by atoms with Crippen LogP contribution in [-0.2, 0) is 48.0 Å². The van der Waals surface area contributed by atoms with Crippen LogP contribution in [0.25, 0.3) is 33.4 Å². The van der Waals surface area contributed by atoms with Crippen molar-refractivity contribution in [2.45, 2.75) is 124 Å². The van der Waals surface area contributed by atoms with Crippen molar-refractivity contribution >= 4 is 46.1 Å². The number of pyridine rings is 1. The molecule has 6 atom stereocenters. The molecule has 0 radical (unpaired) electrons. The van der Waals surface area contributed by atoms with Gasteiger partial charge >= 0.3 is 12.0 Å². The summed E-state index contributed by atoms with van der Waals surface area (Å²) in [7, 11) is 3.28. The number of ether oxygens (including phenoxy) is 3. The molecule has 3 aliphatic rings. The molecule has 346 valence electrons. The molecule has 0 aliphatic carbocycles. The number of urea groups is 1. The highest BCUT2D eigenvalue weighted by atomic mass is 32.1. The largest absolute Gasteiger partial charge is 0.462 e. The molecule has 0 unspecified atom stereocenters. The van der Waals surface area contributed by atoms with E-state index >= 15 is 0 Å². The first-order valence-corrected chi connectivity index (χ1v) is 23.3. The van der Waals surface area contributed by atoms with Crippen LogP contribution in [0.4, 0.5) is 4.79 Å². The summed E-state index contributed by atoms with van der Waals surface area (Å²) in [6.45, 7) is 17.2. The van der Waals surface area contributed by atoms with E-state index in [-0.39, 0.29) is 62.6 Å². The lowest BCUT2D eigenvalue weighted by atomic mass is 9.84. The van der Waals surface area contributed by atoms with Gasteiger partial charge in [-0.1, -0.05) is 33.8 Å². The molecule has 1 aromatic carbocycles. The Bertz CT molecular complexity index is 2370. The number of rotatable bonds is 8. The molecule has 64 heavy (non-hydrogen) atoms. The van der Waals surface area contributed by atoms with Gasteiger partial charge in [-0.3, -0.25) is 19.6 Å². The zero-order chi connectivity index (χ0) is 46.2. The lowest BCUT2D eigenvalue weighted by Gasteiger charge is -2.43. The number of amides is 4. The smallest absolute Gasteiger partial charge is 0.355 e. The third-order valence-electron chi connectivity index (χ3n) is 12.8. The summed E-state index contributed by atoms with van der Waals surface area (Å²) >= 11 is 1.37. The number of aryl methyl sites for hydroxylation is 1. The highest BCUT2D eigenvalue weighted by molar-refractivity contribution is 7.10. The third kappa shape index (κ3) is 9.27. The number of hydrogen-bond acceptors (Lipinski definition) is 12. The fourth-order valence-electron chi connectivity index (χ4n) is 9.47. The Balaban J connectivity index is 1.31. The Hall–Kier alpha value is -4.94. The van der Waals surface area contributed by atoms with E-state index in [0.717, 1.165) is 39.0 Å². The van der Waals surface area contributed by atoms with Gasteiger partial charge in [-0.15, -0.1) is 11.3 Å². The number of nitrogens with one attached hydrogen (secondary N) is 2. The van der Waals surface area contributed by atoms with Crippen LogP contribution in [0, 0.1) is 11.3 Å². The monoisotopic (exact) mass is 900 g/mol. The van der Waals surface area contributed by atoms with Gasteiger partial charge in [-0.2, -0.15) is 5.43 Å². The summed E-state index contributed by atoms with van der Waals surface area (Å²) in [5, 5.41) is 19.6. The Kier molecular flexibility index (Phi) is 13.9. The maximum Gasteiger partial charge on any atom is 0.355 e. The zero-order valence-electron chi connectivity index (χ0n) is 38.8. The molecule has 3 N–H and O–H groups in total. The highest BCUT2D eigenvalue weighted by Gasteiger charge is 2.46. The van der Waals surface area contributed by atoms with Crippen molar-refractivity contribution in [1.82, 2.24) is 40.1 Å². The molecule has 0 saturated carbocycles. The lowest BCUT2D eigenvalue weighted by Crippen LogP contribution is -2.67. The van der Waals surface area contributed by atoms with E-state index < -0.39 is 41.0 Å². The van der Waals surface area contributed by atoms with Crippen LogP contribution in [0.15, 0.2) is 41.9 Å². The van der Waals surface area contributed by atoms with Gasteiger partial charge < -0.3 is 39.0 Å². The summed E-state index contributed by atoms with van der Waals surface area (Å²) in [6, 6.07) is 7.47. The number of thiazole rings is 1. The predicted molar refractivity (Wildman–Crippen MR) is 244 cm³/mol. The van der Waals surface area contributed by atoms with E-state index in [0.29, 0.717) is 36.9 Å². The van der Waals surface area contributed by atoms with Crippen LogP contribution in [-0.4, -0.2) is 129 Å². The normalized spacial score (nSPS) is 24.0. The molecule has 3 aromatic heterocycles. The molecule has 4 aromatic rings. The number of fused-ring (bicyclic) bond motifs is 6. The number of cyclic esters (lactones) is 1. The topological polar surface area (TPSA) is 181 Å². The zero-order valence-corrected chi connectivity index (χ0v) is 39.6. The number of hydrogen-bond donors (Lipinski definition) is 3. The van der Waals surface area contributed by atoms with Crippen molar-refractivity contribution in [2.75, 3.05) is 40.5 Å². The Morgan fingerprint density at radius 2 is 1.88 bits per heavy atom. The number of carbonyl (C=O) groups excluding carboxylic acids is 4. The maximum atomic E-state index is 14.6. The van der Waals surface area contributed by atoms with Gasteiger partial charge in [0.25, 0.3) is 5.91 Å². The molecule has 7 rings (SSSR count). The first kappa shape index (κ1) is 47.0. The quantitative estimate of drug-likeness (QED) is 0.185. The van der Waals surface area contributed by atoms with Crippen LogP contribution in [0.5, 0.6) is 0 Å². The SMILES string of the molecule is CCn1c(-c2cccnc2[C@H](C)OC)c2c3cc(ccc31)-c1csc(n1)C[C@H](NC(=O)[C@H](C(C)C)N(C)C(=O)N1[C@H](C)COC[C@@H]1C)C(=O)N1CCC[C@@](O)(N1)C(=O)OCC(C)(C)C2. The van der Waals surface area contributed by atoms with Gasteiger partial charge in [0.05, 0.1) is 60.1 Å². The van der Waals surface area contributed by atoms with Crippen molar-refractivity contribution < 1.29 is 38.5 Å². The Morgan fingerprint density at radius 1 is 1.14 bits per heavy atom. The van der Waals surface area contributed by atoms with Gasteiger partial charge in [-0.05, 0) is 76.3 Å². The van der Waals surface area contributed by atoms with E-state index in [9.17, 15) is 24.3 Å². The van der Waals surface area contributed by atoms with Crippen LogP contribution < -0.4 is 10.7 Å². The first-order valence-electron chi connectivity index (χ1n) is 22.4. The molecule has 16 nitrogen and oxygen atoms in total. The number of aliphatic hydroxyl groups is 1. The van der Waals surface area contributed by atoms with Crippen LogP contribution in [0.3, 0.4) is 0 Å². The van der Waals surface area contributed by atoms with Gasteiger partial charge in [0.1, 0.15) is 12.1 Å². The highest BCUT2D eigenvalue weighted by Crippen LogP contribution is 2.42. The van der Waals surface area contributed by atoms with Gasteiger partial charge in [0.15, 0.2) is 0 Å². The average molecular weight is 901 g/mol. The second-order valence-electron chi connectivity index (χ2n) is 18.7. The number of methoxy groups -OCH3 is 1. The lowest BCUT2D eigenvalue weighted by molar-refractivity contribution is -0.189. The van der Waals surface area contributed by atoms with Crippen molar-refractivity contribution in [2.24, 2.45) is 11.3 Å². The van der Waals surface area contributed by atoms with Crippen LogP contribution >= 0.6 is 11.3 Å². The third-order valence-corrected chi connectivity index (χ3v) is 13.6. The summed E-state index contributed by atoms with van der Waals surface area (Å²) < 4.78 is 19.7. The van der Waals surface area contributed by atoms with Gasteiger partial charge in [-0.25, -0.2) is 14.6 Å². The maximum absolute atomic E-state index is 14.6. The molecule has 17 heteroatoms. The molecule has 4 amide bonds. The van der Waals surface area contributed by atoms with Crippen molar-refractivity contribution in [3.8, 4) is 22.5 Å². The molecule has 0 spiro atoms. The average Bonchev–Trinajstić information content (AvgIpc) is 3.85. The Labute approximate surface area is 379 Å². The predicted octanol–water partition coefficient (Wildman–Crippen LogP) is 5.71. The number of hydrazine groups is 1. The number of carbonyl (C=O) groups is 4. The summed E-state index contributed by atoms with van der Waals surface area (Å²) in [4.78, 5) is 70.1. The Morgan fingerprint density at radius 3 is 2.56 bits per heavy atom. The number of benzene rings is 1. The van der Waals surface area contributed by atoms with Crippen molar-refractivity contribution in [1.29, 1.82) is 0 Å². The van der Waals surface area contributed by atoms with Crippen molar-refractivity contribution in [3.05, 3.63) is 58.2 Å². The minimum Gasteiger partial charge on any atom is -0.462 e. The molecule has 3 aliphatic heterocycles. The standard InChI is InChI=1S/C47H64N8O8S/c1-11-53-37-16-15-31-20-33(37)34(41(53)32-14-12-18-48-39(32)30(6)61-10)22-46(7,8)26-63-44(58)47(60)17-13-19-54(51-47)43(57)35(21-38-49-36(31)25-64-38)50-42(56)40(27(2)3)52(9)45(59)55-28(4)23-62-24-29(55)5/h12,14-16,18,20,25,27-30,35,40,51,60H,11,13,17,19,21-24,26H2,1-10H3,(H,50,56)/t28-,29+,30-,35-,40-,47-/m0/s1. The molecule has 6 heterocycles. The van der Waals surface area contributed by atoms with Gasteiger partial charge in [0, 0.05) is 79.1 Å². The van der Waals surface area contributed by atoms with Crippen molar-refractivity contribution in [3.63, 3.8) is 0 Å². The first-order chi connectivity index (χ1) is 30.4. The number of nitrogens with zero attached hydrogens (tertiary/aromatic N) is 6. The summed E-state index contributed by atoms with van der Waals surface area (Å²) in [5.74, 6) is -2.31. The fourth-order valence-corrected chi connectivity index (χ4v) is 10.3. The minimum absolute atomic E-state index is 0.00199. The molecular weight excluding hydrogens is 837 g/mol. The molecule has 2 saturated heterocycles. The molecular formula is C47H64N8O8S. The summed E-state index contributed by atoms with van der Waals surface area (Å²) in [6.07, 6.45) is 2.28. The second-order valence-corrected chi connectivity index (χ2v) is 19.7. The van der Waals surface area contributed by atoms with E-state index in [1.54, 1.807) is 25.3 Å². The number of morpholine rings is 1. The van der Waals surface area contributed by atoms with Crippen LogP contribution in [0.1, 0.15) is 90.6 Å². The minimum atomic E-state index is -2.21. The van der Waals surface area contributed by atoms with E-state index in [1.807, 2.05) is 66.0 Å². The van der Waals surface area contributed by atoms with E-state index in [4.69, 9.17) is 24.2 Å². The number of aromatic nitrogens is 3. The number of likely N-dealkylation sites (N-methyl/N-ethyl adjacent to an activating group) is 1. The summed E-state index contributed by atoms with van der Waals surface area (Å²) in [5.41, 5.74) is 6.34. The molecule has 6 bridgehead atoms. The molecule has 2 fully saturated rings.